The van der Waals surface area contributed by atoms with Crippen LogP contribution in [0, 0.1) is 13.8 Å². The summed E-state index contributed by atoms with van der Waals surface area (Å²) in [5.74, 6) is 0. The summed E-state index contributed by atoms with van der Waals surface area (Å²) < 4.78 is 74.9. The molecule has 0 fully saturated rings. The Hall–Kier alpha value is -1.70. The zero-order valence-corrected chi connectivity index (χ0v) is 26.7. The third-order valence-electron chi connectivity index (χ3n) is 5.92. The van der Waals surface area contributed by atoms with Crippen LogP contribution in [0.25, 0.3) is 44.1 Å². The SMILES string of the molecule is Cc1cc(-c2ccccc2)c2cc(S(=O)(=O)[O-])c3c(-c4ccccc4)c(S(=O)(=O)[O-])c(C)nc3c2n1.[Na+].[Na+]. The minimum atomic E-state index is -5.15. The van der Waals surface area contributed by atoms with E-state index in [9.17, 15) is 25.9 Å². The van der Waals surface area contributed by atoms with Crippen molar-refractivity contribution in [2.24, 2.45) is 0 Å². The summed E-state index contributed by atoms with van der Waals surface area (Å²) in [4.78, 5) is 7.60. The summed E-state index contributed by atoms with van der Waals surface area (Å²) in [5.41, 5.74) is 2.24. The van der Waals surface area contributed by atoms with Gasteiger partial charge in [0.1, 0.15) is 20.2 Å². The number of benzene rings is 3. The van der Waals surface area contributed by atoms with Crippen molar-refractivity contribution < 1.29 is 85.1 Å². The minimum absolute atomic E-state index is 0. The van der Waals surface area contributed by atoms with E-state index in [0.29, 0.717) is 16.6 Å². The average molecular weight is 565 g/mol. The van der Waals surface area contributed by atoms with Crippen LogP contribution in [0.3, 0.4) is 0 Å². The summed E-state index contributed by atoms with van der Waals surface area (Å²) in [6.45, 7) is 3.12. The molecule has 0 radical (unpaired) electrons. The van der Waals surface area contributed by atoms with Gasteiger partial charge in [0.15, 0.2) is 0 Å². The Kier molecular flexibility index (Phi) is 9.27. The van der Waals surface area contributed by atoms with E-state index in [1.54, 1.807) is 31.2 Å². The molecule has 12 heteroatoms. The van der Waals surface area contributed by atoms with Gasteiger partial charge in [0.2, 0.25) is 0 Å². The first-order chi connectivity index (χ1) is 17.0. The van der Waals surface area contributed by atoms with Crippen LogP contribution in [-0.4, -0.2) is 35.9 Å². The van der Waals surface area contributed by atoms with Crippen molar-refractivity contribution in [2.45, 2.75) is 23.6 Å². The molecule has 2 aromatic heterocycles. The fraction of sp³-hybridized carbons (Fsp3) is 0.0769. The van der Waals surface area contributed by atoms with Crippen LogP contribution < -0.4 is 59.1 Å². The molecule has 0 aliphatic rings. The molecule has 0 amide bonds. The Morgan fingerprint density at radius 1 is 0.684 bits per heavy atom. The van der Waals surface area contributed by atoms with Gasteiger partial charge in [-0.3, -0.25) is 4.98 Å². The van der Waals surface area contributed by atoms with Gasteiger partial charge in [-0.15, -0.1) is 0 Å². The fourth-order valence-electron chi connectivity index (χ4n) is 4.55. The molecule has 0 aliphatic carbocycles. The first kappa shape index (κ1) is 30.8. The number of hydrogen-bond acceptors (Lipinski definition) is 8. The van der Waals surface area contributed by atoms with Crippen LogP contribution in [-0.2, 0) is 20.2 Å². The molecule has 0 N–H and O–H groups in total. The second-order valence-electron chi connectivity index (χ2n) is 8.35. The number of pyridine rings is 2. The molecule has 0 atom stereocenters. The maximum absolute atomic E-state index is 12.6. The third-order valence-corrected chi connectivity index (χ3v) is 7.78. The third kappa shape index (κ3) is 5.62. The normalized spacial score (nSPS) is 11.7. The number of aromatic nitrogens is 2. The Bertz CT molecular complexity index is 1900. The monoisotopic (exact) mass is 564 g/mol. The van der Waals surface area contributed by atoms with Gasteiger partial charge in [-0.1, -0.05) is 60.7 Å². The van der Waals surface area contributed by atoms with Gasteiger partial charge in [-0.05, 0) is 42.7 Å². The molecule has 5 rings (SSSR count). The maximum atomic E-state index is 12.6. The summed E-state index contributed by atoms with van der Waals surface area (Å²) in [6, 6.07) is 20.1. The van der Waals surface area contributed by atoms with E-state index >= 15 is 0 Å². The summed E-state index contributed by atoms with van der Waals surface area (Å²) in [7, 11) is -10.3. The van der Waals surface area contributed by atoms with Crippen molar-refractivity contribution in [3.8, 4) is 22.3 Å². The van der Waals surface area contributed by atoms with E-state index in [4.69, 9.17) is 0 Å². The Morgan fingerprint density at radius 2 is 1.24 bits per heavy atom. The second-order valence-corrected chi connectivity index (χ2v) is 11.0. The van der Waals surface area contributed by atoms with Crippen molar-refractivity contribution in [1.29, 1.82) is 0 Å². The molecule has 0 aliphatic heterocycles. The summed E-state index contributed by atoms with van der Waals surface area (Å²) >= 11 is 0. The standard InChI is InChI=1S/C26H20N2O6S2.2Na/c1-15-13-19(17-9-5-3-6-10-17)20-14-21(35(29,30)31)23-22(18-11-7-4-8-12-18)26(36(32,33)34)16(2)28-25(23)24(20)27-15;;/h3-14H,1-2H3,(H,29,30,31)(H,32,33,34);;/q;2*+1/p-2. The Labute approximate surface area is 264 Å². The molecule has 5 aromatic rings. The Morgan fingerprint density at radius 3 is 1.76 bits per heavy atom. The quantitative estimate of drug-likeness (QED) is 0.147. The molecule has 8 nitrogen and oxygen atoms in total. The van der Waals surface area contributed by atoms with E-state index in [1.165, 1.54) is 25.1 Å². The second kappa shape index (κ2) is 11.4. The van der Waals surface area contributed by atoms with Gasteiger partial charge >= 0.3 is 59.1 Å². The smallest absolute Gasteiger partial charge is 0.744 e. The molecular weight excluding hydrogens is 546 g/mol. The summed E-state index contributed by atoms with van der Waals surface area (Å²) in [5, 5.41) is 0.109. The molecule has 0 bridgehead atoms. The van der Waals surface area contributed by atoms with Crippen LogP contribution in [0.4, 0.5) is 0 Å². The van der Waals surface area contributed by atoms with Gasteiger partial charge < -0.3 is 9.11 Å². The van der Waals surface area contributed by atoms with Crippen molar-refractivity contribution in [3.05, 3.63) is 84.2 Å². The van der Waals surface area contributed by atoms with Gasteiger partial charge in [-0.25, -0.2) is 21.8 Å². The number of nitrogens with zero attached hydrogens (tertiary/aromatic N) is 2. The molecule has 0 unspecified atom stereocenters. The maximum Gasteiger partial charge on any atom is 1.00 e. The van der Waals surface area contributed by atoms with E-state index in [1.807, 2.05) is 30.3 Å². The van der Waals surface area contributed by atoms with Gasteiger partial charge in [0.25, 0.3) is 0 Å². The minimum Gasteiger partial charge on any atom is -0.744 e. The molecule has 0 saturated carbocycles. The van der Waals surface area contributed by atoms with Gasteiger partial charge in [0.05, 0.1) is 26.5 Å². The molecule has 0 saturated heterocycles. The molecule has 38 heavy (non-hydrogen) atoms. The fourth-order valence-corrected chi connectivity index (χ4v) is 6.14. The number of fused-ring (bicyclic) bond motifs is 3. The zero-order chi connectivity index (χ0) is 25.8. The topological polar surface area (TPSA) is 140 Å². The molecule has 0 spiro atoms. The van der Waals surface area contributed by atoms with Crippen molar-refractivity contribution in [2.75, 3.05) is 0 Å². The van der Waals surface area contributed by atoms with Crippen LogP contribution in [0.2, 0.25) is 0 Å². The number of rotatable bonds is 4. The first-order valence-electron chi connectivity index (χ1n) is 10.8. The van der Waals surface area contributed by atoms with E-state index in [2.05, 4.69) is 9.97 Å². The summed E-state index contributed by atoms with van der Waals surface area (Å²) in [6.07, 6.45) is 0. The molecule has 3 aromatic carbocycles. The van der Waals surface area contributed by atoms with Crippen molar-refractivity contribution in [1.82, 2.24) is 9.97 Å². The first-order valence-corrected chi connectivity index (χ1v) is 13.6. The van der Waals surface area contributed by atoms with Crippen LogP contribution in [0.5, 0.6) is 0 Å². The number of aryl methyl sites for hydroxylation is 2. The molecule has 182 valence electrons. The largest absolute Gasteiger partial charge is 1.00 e. The van der Waals surface area contributed by atoms with E-state index in [-0.39, 0.29) is 92.4 Å². The number of hydrogen-bond donors (Lipinski definition) is 0. The van der Waals surface area contributed by atoms with Gasteiger partial charge in [0, 0.05) is 22.0 Å². The zero-order valence-electron chi connectivity index (χ0n) is 21.1. The van der Waals surface area contributed by atoms with Gasteiger partial charge in [-0.2, -0.15) is 0 Å². The average Bonchev–Trinajstić information content (AvgIpc) is 2.82. The van der Waals surface area contributed by atoms with Crippen LogP contribution >= 0.6 is 0 Å². The van der Waals surface area contributed by atoms with E-state index in [0.717, 1.165) is 5.56 Å². The Balaban J connectivity index is 0.00000200. The predicted molar refractivity (Wildman–Crippen MR) is 133 cm³/mol. The van der Waals surface area contributed by atoms with Crippen LogP contribution in [0.1, 0.15) is 11.4 Å². The van der Waals surface area contributed by atoms with Crippen molar-refractivity contribution >= 4 is 42.0 Å². The van der Waals surface area contributed by atoms with Crippen LogP contribution in [0.15, 0.2) is 82.6 Å². The van der Waals surface area contributed by atoms with E-state index < -0.39 is 30.0 Å². The predicted octanol–water partition coefficient (Wildman–Crippen LogP) is -1.45. The molecular formula is C26H18N2Na2O6S2. The van der Waals surface area contributed by atoms with Crippen molar-refractivity contribution in [3.63, 3.8) is 0 Å². The molecule has 2 heterocycles.